The number of aryl methyl sites for hydroxylation is 1. The van der Waals surface area contributed by atoms with E-state index >= 15 is 0 Å². The maximum atomic E-state index is 12.5. The molecule has 2 N–H and O–H groups in total. The molecule has 0 saturated carbocycles. The molecule has 7 heteroatoms. The zero-order valence-electron chi connectivity index (χ0n) is 16.1. The first-order valence-electron chi connectivity index (χ1n) is 9.79. The van der Waals surface area contributed by atoms with Gasteiger partial charge in [0, 0.05) is 31.2 Å². The number of carbonyl (C=O) groups excluding carboxylic acids is 1. The number of carbonyl (C=O) groups is 1. The van der Waals surface area contributed by atoms with E-state index in [1.807, 2.05) is 30.3 Å². The van der Waals surface area contributed by atoms with E-state index in [0.717, 1.165) is 37.2 Å². The van der Waals surface area contributed by atoms with Crippen LogP contribution < -0.4 is 16.3 Å². The number of fused-ring (bicyclic) bond motifs is 1. The van der Waals surface area contributed by atoms with Crippen molar-refractivity contribution in [2.75, 3.05) is 11.9 Å². The van der Waals surface area contributed by atoms with Crippen molar-refractivity contribution in [3.63, 3.8) is 0 Å². The number of hydrogen-bond acceptors (Lipinski definition) is 4. The molecule has 0 radical (unpaired) electrons. The number of aromatic nitrogens is 3. The number of anilines is 1. The van der Waals surface area contributed by atoms with Gasteiger partial charge in [0.25, 0.3) is 0 Å². The van der Waals surface area contributed by atoms with Gasteiger partial charge in [-0.15, -0.1) is 0 Å². The predicted octanol–water partition coefficient (Wildman–Crippen LogP) is 2.02. The van der Waals surface area contributed by atoms with Gasteiger partial charge >= 0.3 is 5.69 Å². The maximum Gasteiger partial charge on any atom is 0.346 e. The summed E-state index contributed by atoms with van der Waals surface area (Å²) in [6.45, 7) is 5.39. The normalized spacial score (nSPS) is 15.1. The molecule has 0 aliphatic carbocycles. The standard InChI is InChI=1S/C20H29N5O2/c1-15(2)17(22-16-9-5-3-6-10-16)13-21-19(26)14-25-20(27)24-12-8-4-7-11-18(24)23-25/h3,5-6,9-10,15,17,22H,4,7-8,11-14H2,1-2H3,(H,21,26). The molecule has 1 unspecified atom stereocenters. The van der Waals surface area contributed by atoms with Gasteiger partial charge in [0.05, 0.1) is 0 Å². The van der Waals surface area contributed by atoms with Crippen LogP contribution in [0, 0.1) is 5.92 Å². The molecular weight excluding hydrogens is 342 g/mol. The van der Waals surface area contributed by atoms with Crippen molar-refractivity contribution in [2.24, 2.45) is 5.92 Å². The average Bonchev–Trinajstić information content (AvgIpc) is 2.82. The molecule has 1 aliphatic heterocycles. The van der Waals surface area contributed by atoms with Gasteiger partial charge in [-0.05, 0) is 30.9 Å². The third-order valence-corrected chi connectivity index (χ3v) is 5.02. The lowest BCUT2D eigenvalue weighted by Crippen LogP contribution is -2.42. The lowest BCUT2D eigenvalue weighted by molar-refractivity contribution is -0.122. The molecule has 1 aliphatic rings. The van der Waals surface area contributed by atoms with Crippen LogP contribution in [0.25, 0.3) is 0 Å². The van der Waals surface area contributed by atoms with Crippen LogP contribution in [0.4, 0.5) is 5.69 Å². The minimum atomic E-state index is -0.189. The van der Waals surface area contributed by atoms with Gasteiger partial charge in [-0.1, -0.05) is 38.5 Å². The Hall–Kier alpha value is -2.57. The van der Waals surface area contributed by atoms with Gasteiger partial charge in [0.2, 0.25) is 5.91 Å². The van der Waals surface area contributed by atoms with Crippen LogP contribution in [0.1, 0.15) is 38.9 Å². The average molecular weight is 371 g/mol. The highest BCUT2D eigenvalue weighted by Crippen LogP contribution is 2.12. The fourth-order valence-corrected chi connectivity index (χ4v) is 3.35. The predicted molar refractivity (Wildman–Crippen MR) is 106 cm³/mol. The van der Waals surface area contributed by atoms with E-state index in [-0.39, 0.29) is 24.2 Å². The Bertz CT molecular complexity index is 810. The molecule has 2 heterocycles. The Morgan fingerprint density at radius 2 is 1.96 bits per heavy atom. The first kappa shape index (κ1) is 19.2. The number of benzene rings is 1. The molecule has 1 atom stereocenters. The fraction of sp³-hybridized carbons (Fsp3) is 0.550. The minimum Gasteiger partial charge on any atom is -0.380 e. The molecule has 27 heavy (non-hydrogen) atoms. The molecule has 7 nitrogen and oxygen atoms in total. The first-order valence-corrected chi connectivity index (χ1v) is 9.79. The van der Waals surface area contributed by atoms with Crippen molar-refractivity contribution in [2.45, 2.75) is 58.7 Å². The van der Waals surface area contributed by atoms with E-state index in [1.165, 1.54) is 4.68 Å². The lowest BCUT2D eigenvalue weighted by atomic mass is 10.0. The molecule has 146 valence electrons. The molecule has 0 bridgehead atoms. The van der Waals surface area contributed by atoms with Crippen LogP contribution in [0.2, 0.25) is 0 Å². The summed E-state index contributed by atoms with van der Waals surface area (Å²) in [6.07, 6.45) is 3.96. The zero-order chi connectivity index (χ0) is 19.2. The van der Waals surface area contributed by atoms with Crippen molar-refractivity contribution in [1.29, 1.82) is 0 Å². The van der Waals surface area contributed by atoms with Gasteiger partial charge in [-0.25, -0.2) is 9.48 Å². The lowest BCUT2D eigenvalue weighted by Gasteiger charge is -2.24. The molecule has 0 saturated heterocycles. The quantitative estimate of drug-likeness (QED) is 0.780. The Kier molecular flexibility index (Phi) is 6.32. The van der Waals surface area contributed by atoms with Crippen molar-refractivity contribution < 1.29 is 4.79 Å². The third-order valence-electron chi connectivity index (χ3n) is 5.02. The summed E-state index contributed by atoms with van der Waals surface area (Å²) in [5.74, 6) is 0.957. The number of rotatable bonds is 7. The number of para-hydroxylation sites is 1. The summed E-state index contributed by atoms with van der Waals surface area (Å²) in [5, 5.41) is 10.8. The summed E-state index contributed by atoms with van der Waals surface area (Å²) in [5.41, 5.74) is 0.851. The third kappa shape index (κ3) is 4.99. The summed E-state index contributed by atoms with van der Waals surface area (Å²) in [7, 11) is 0. The van der Waals surface area contributed by atoms with Crippen LogP contribution in [-0.4, -0.2) is 32.8 Å². The number of nitrogens with zero attached hydrogens (tertiary/aromatic N) is 3. The number of amides is 1. The molecule has 0 spiro atoms. The fourth-order valence-electron chi connectivity index (χ4n) is 3.35. The van der Waals surface area contributed by atoms with Crippen molar-refractivity contribution in [3.8, 4) is 0 Å². The van der Waals surface area contributed by atoms with E-state index in [4.69, 9.17) is 0 Å². The summed E-state index contributed by atoms with van der Waals surface area (Å²) in [4.78, 5) is 24.8. The maximum absolute atomic E-state index is 12.5. The van der Waals surface area contributed by atoms with E-state index in [1.54, 1.807) is 4.57 Å². The van der Waals surface area contributed by atoms with E-state index in [2.05, 4.69) is 29.6 Å². The van der Waals surface area contributed by atoms with Gasteiger partial charge < -0.3 is 10.6 Å². The van der Waals surface area contributed by atoms with E-state index in [0.29, 0.717) is 19.0 Å². The van der Waals surface area contributed by atoms with Crippen molar-refractivity contribution in [1.82, 2.24) is 19.7 Å². The second kappa shape index (κ2) is 8.88. The van der Waals surface area contributed by atoms with Gasteiger partial charge in [0.15, 0.2) is 0 Å². The molecule has 2 aromatic rings. The van der Waals surface area contributed by atoms with Crippen LogP contribution in [-0.2, 0) is 24.3 Å². The van der Waals surface area contributed by atoms with Gasteiger partial charge in [-0.3, -0.25) is 9.36 Å². The Balaban J connectivity index is 1.58. The highest BCUT2D eigenvalue weighted by molar-refractivity contribution is 5.75. The van der Waals surface area contributed by atoms with Crippen LogP contribution >= 0.6 is 0 Å². The zero-order valence-corrected chi connectivity index (χ0v) is 16.1. The second-order valence-electron chi connectivity index (χ2n) is 7.48. The molecule has 1 aromatic heterocycles. The Morgan fingerprint density at radius 1 is 1.19 bits per heavy atom. The summed E-state index contributed by atoms with van der Waals surface area (Å²) in [6, 6.07) is 10.1. The molecule has 0 fully saturated rings. The molecule has 1 aromatic carbocycles. The van der Waals surface area contributed by atoms with Gasteiger partial charge in [-0.2, -0.15) is 5.10 Å². The van der Waals surface area contributed by atoms with Gasteiger partial charge in [0.1, 0.15) is 12.4 Å². The van der Waals surface area contributed by atoms with E-state index < -0.39 is 0 Å². The smallest absolute Gasteiger partial charge is 0.346 e. The SMILES string of the molecule is CC(C)C(CNC(=O)Cn1nc2n(c1=O)CCCCC2)Nc1ccccc1. The number of nitrogens with one attached hydrogen (secondary N) is 2. The Morgan fingerprint density at radius 3 is 2.70 bits per heavy atom. The highest BCUT2D eigenvalue weighted by atomic mass is 16.2. The monoisotopic (exact) mass is 371 g/mol. The molecular formula is C20H29N5O2. The molecule has 3 rings (SSSR count). The van der Waals surface area contributed by atoms with Crippen LogP contribution in [0.3, 0.4) is 0 Å². The molecule has 1 amide bonds. The topological polar surface area (TPSA) is 81.0 Å². The van der Waals surface area contributed by atoms with Crippen molar-refractivity contribution >= 4 is 11.6 Å². The second-order valence-corrected chi connectivity index (χ2v) is 7.48. The minimum absolute atomic E-state index is 0.0328. The summed E-state index contributed by atoms with van der Waals surface area (Å²) >= 11 is 0. The van der Waals surface area contributed by atoms with Crippen molar-refractivity contribution in [3.05, 3.63) is 46.6 Å². The Labute approximate surface area is 159 Å². The van der Waals surface area contributed by atoms with E-state index in [9.17, 15) is 9.59 Å². The summed E-state index contributed by atoms with van der Waals surface area (Å²) < 4.78 is 3.01. The van der Waals surface area contributed by atoms with Crippen LogP contribution in [0.5, 0.6) is 0 Å². The number of hydrogen-bond donors (Lipinski definition) is 2. The largest absolute Gasteiger partial charge is 0.380 e. The first-order chi connectivity index (χ1) is 13.0. The highest BCUT2D eigenvalue weighted by Gasteiger charge is 2.18. The van der Waals surface area contributed by atoms with Crippen LogP contribution in [0.15, 0.2) is 35.1 Å².